The Bertz CT molecular complexity index is 3220. The molecule has 0 fully saturated rings. The summed E-state index contributed by atoms with van der Waals surface area (Å²) >= 11 is 7.90. The third kappa shape index (κ3) is 23.0. The minimum Gasteiger partial charge on any atom is -0.481 e. The van der Waals surface area contributed by atoms with E-state index in [4.69, 9.17) is 28.7 Å². The topological polar surface area (TPSA) is 568 Å². The number of nitrogens with zero attached hydrogens (tertiary/aromatic N) is 2. The fourth-order valence-electron chi connectivity index (χ4n) is 8.76. The number of hydrogen-bond acceptors (Lipinski definition) is 17. The maximum absolute atomic E-state index is 14.8. The highest BCUT2D eigenvalue weighted by atomic mass is 32.1. The molecule has 33 nitrogen and oxygen atoms in total. The molecule has 0 unspecified atom stereocenters. The van der Waals surface area contributed by atoms with Crippen LogP contribution in [-0.4, -0.2) is 192 Å². The molecule has 0 bridgehead atoms. The number of thiol groups is 2. The molecule has 2 aromatic carbocycles. The zero-order valence-corrected chi connectivity index (χ0v) is 49.0. The van der Waals surface area contributed by atoms with Gasteiger partial charge in [0.2, 0.25) is 47.3 Å². The lowest BCUT2D eigenvalue weighted by Gasteiger charge is -2.28. The normalized spacial score (nSPS) is 14.1. The van der Waals surface area contributed by atoms with Crippen molar-refractivity contribution in [2.75, 3.05) is 24.6 Å². The summed E-state index contributed by atoms with van der Waals surface area (Å²) < 4.78 is 0. The Morgan fingerprint density at radius 1 is 0.443 bits per heavy atom. The van der Waals surface area contributed by atoms with Crippen LogP contribution in [0.25, 0.3) is 21.8 Å². The van der Waals surface area contributed by atoms with Crippen LogP contribution >= 0.6 is 25.3 Å². The average molecular weight is 1270 g/mol. The molecule has 0 saturated heterocycles. The Morgan fingerprint density at radius 3 is 1.15 bits per heavy atom. The molecule has 0 spiro atoms. The minimum absolute atomic E-state index is 0.0300. The summed E-state index contributed by atoms with van der Waals surface area (Å²) in [5, 5.41) is 59.0. The summed E-state index contributed by atoms with van der Waals surface area (Å²) in [6, 6.07) is -1.42. The maximum atomic E-state index is 14.8. The van der Waals surface area contributed by atoms with E-state index >= 15 is 0 Å². The Morgan fingerprint density at radius 2 is 0.784 bits per heavy atom. The van der Waals surface area contributed by atoms with Gasteiger partial charge in [-0.05, 0) is 55.4 Å². The molecule has 0 aliphatic rings. The first-order valence-electron chi connectivity index (χ1n) is 27.2. The molecule has 0 radical (unpaired) electrons. The van der Waals surface area contributed by atoms with Crippen LogP contribution < -0.4 is 71.2 Å². The second-order valence-corrected chi connectivity index (χ2v) is 20.7. The molecule has 8 amide bonds. The third-order valence-corrected chi connectivity index (χ3v) is 14.0. The van der Waals surface area contributed by atoms with Crippen molar-refractivity contribution in [3.63, 3.8) is 0 Å². The van der Waals surface area contributed by atoms with Crippen molar-refractivity contribution in [3.8, 4) is 0 Å². The predicted octanol–water partition coefficient (Wildman–Crippen LogP) is -4.49. The van der Waals surface area contributed by atoms with E-state index in [-0.39, 0.29) is 69.3 Å². The van der Waals surface area contributed by atoms with Crippen molar-refractivity contribution in [2.45, 2.75) is 119 Å². The molecule has 0 aliphatic carbocycles. The monoisotopic (exact) mass is 1270 g/mol. The lowest BCUT2D eigenvalue weighted by Crippen LogP contribution is -2.61. The van der Waals surface area contributed by atoms with Gasteiger partial charge < -0.3 is 102 Å². The molecular formula is C53H73N17O16S2. The van der Waals surface area contributed by atoms with Crippen LogP contribution in [0, 0.1) is 0 Å². The molecule has 0 saturated carbocycles. The number of para-hydroxylation sites is 2. The molecule has 88 heavy (non-hydrogen) atoms. The zero-order valence-electron chi connectivity index (χ0n) is 47.2. The van der Waals surface area contributed by atoms with Gasteiger partial charge in [0, 0.05) is 78.1 Å². The second kappa shape index (κ2) is 35.1. The number of nitrogens with two attached hydrogens (primary N) is 5. The molecule has 4 aromatic rings. The van der Waals surface area contributed by atoms with E-state index in [1.807, 2.05) is 0 Å². The number of fused-ring (bicyclic) bond motifs is 2. The van der Waals surface area contributed by atoms with Gasteiger partial charge in [-0.3, -0.25) is 62.7 Å². The largest absolute Gasteiger partial charge is 0.481 e. The lowest BCUT2D eigenvalue weighted by molar-refractivity contribution is -0.143. The van der Waals surface area contributed by atoms with E-state index in [0.717, 1.165) is 0 Å². The molecule has 2 heterocycles. The Kier molecular flexibility index (Phi) is 28.3. The van der Waals surface area contributed by atoms with Crippen molar-refractivity contribution in [1.29, 1.82) is 0 Å². The van der Waals surface area contributed by atoms with Crippen molar-refractivity contribution < 1.29 is 78.0 Å². The third-order valence-electron chi connectivity index (χ3n) is 13.3. The first-order valence-corrected chi connectivity index (χ1v) is 28.5. The fourth-order valence-corrected chi connectivity index (χ4v) is 9.18. The number of nitrogens with one attached hydrogen (secondary N) is 10. The number of aromatic amines is 2. The van der Waals surface area contributed by atoms with Crippen LogP contribution in [0.3, 0.4) is 0 Å². The summed E-state index contributed by atoms with van der Waals surface area (Å²) in [6.45, 7) is -0.243. The highest BCUT2D eigenvalue weighted by molar-refractivity contribution is 7.80. The van der Waals surface area contributed by atoms with E-state index in [9.17, 15) is 78.0 Å². The molecule has 9 atom stereocenters. The zero-order chi connectivity index (χ0) is 65.2. The van der Waals surface area contributed by atoms with Gasteiger partial charge in [-0.15, -0.1) is 0 Å². The molecule has 2 aromatic heterocycles. The standard InChI is InChI=1S/C53H73N17O16S2/c54-29(23-87)43(77)63-34(13-14-40(71)72)46(80)67-36(18-26-22-62-31-10-4-2-8-28(26)31)48(82)69-37(19-41(73)74)49(83)65-32(11-5-15-59-52(55)56)44(78)66-35(17-25-21-61-30-9-3-1-7-27(25)30)47(81)64-33(12-6-16-60-53(57)58)45(79)68-38(20-42(75)76)50(84)70-39(24-88)51(85)86/h1-4,7-10,21-22,29,32-39,61-62,87-88H,5-6,11-20,23-24,54H2,(H,63,77)(H,64,81)(H,65,83)(H,66,78)(H,67,80)(H,68,79)(H,69,82)(H,70,84)(H,71,72)(H,73,74)(H,75,76)(H,85,86)(H4,55,56,59)(H4,57,58,60)/t29-,32-,33-,34-,35-,36-,37-,38-,39-/m0/s1. The summed E-state index contributed by atoms with van der Waals surface area (Å²) in [6.07, 6.45) is -1.62. The number of hydrogen-bond donors (Lipinski definition) is 21. The SMILES string of the molecule is NC(N)=NCCC[C@H](NC(=O)[C@H](Cc1c[nH]c2ccccc12)NC(=O)[C@H](CCCN=C(N)N)NC(=O)[C@H](CC(=O)O)NC(=O)[C@H](Cc1c[nH]c2ccccc12)NC(=O)[C@H](CCC(=O)O)NC(=O)[C@@H](N)CS)C(=O)N[C@@H](CC(=O)O)C(=O)N[C@@H](CS)C(=O)O. The van der Waals surface area contributed by atoms with Crippen LogP contribution in [0.15, 0.2) is 70.9 Å². The van der Waals surface area contributed by atoms with Crippen LogP contribution in [0.4, 0.5) is 0 Å². The van der Waals surface area contributed by atoms with Gasteiger partial charge in [-0.2, -0.15) is 25.3 Å². The van der Waals surface area contributed by atoms with Gasteiger partial charge in [0.25, 0.3) is 0 Å². The maximum Gasteiger partial charge on any atom is 0.327 e. The van der Waals surface area contributed by atoms with E-state index < -0.39 is 157 Å². The van der Waals surface area contributed by atoms with E-state index in [1.165, 1.54) is 12.4 Å². The number of aliphatic carboxylic acids is 4. The first-order chi connectivity index (χ1) is 41.7. The highest BCUT2D eigenvalue weighted by Gasteiger charge is 2.37. The summed E-state index contributed by atoms with van der Waals surface area (Å²) in [5.74, 6) is -16.2. The number of carbonyl (C=O) groups is 12. The predicted molar refractivity (Wildman–Crippen MR) is 324 cm³/mol. The van der Waals surface area contributed by atoms with E-state index in [2.05, 4.69) is 87.7 Å². The summed E-state index contributed by atoms with van der Waals surface area (Å²) in [7, 11) is 0. The quantitative estimate of drug-likeness (QED) is 0.00870. The number of aliphatic imine (C=N–C) groups is 2. The van der Waals surface area contributed by atoms with Crippen LogP contribution in [-0.2, 0) is 70.4 Å². The van der Waals surface area contributed by atoms with Crippen LogP contribution in [0.5, 0.6) is 0 Å². The number of carboxylic acid groups (broad SMARTS) is 4. The van der Waals surface area contributed by atoms with Gasteiger partial charge in [-0.25, -0.2) is 4.79 Å². The first kappa shape index (κ1) is 70.8. The number of rotatable bonds is 38. The molecule has 0 aliphatic heterocycles. The van der Waals surface area contributed by atoms with E-state index in [0.29, 0.717) is 32.9 Å². The van der Waals surface area contributed by atoms with Crippen LogP contribution in [0.2, 0.25) is 0 Å². The molecular weight excluding hydrogens is 1190 g/mol. The number of carboxylic acids is 4. The Labute approximate surface area is 512 Å². The molecule has 35 heteroatoms. The van der Waals surface area contributed by atoms with Gasteiger partial charge in [0.1, 0.15) is 48.3 Å². The highest BCUT2D eigenvalue weighted by Crippen LogP contribution is 2.22. The number of carbonyl (C=O) groups excluding carboxylic acids is 8. The van der Waals surface area contributed by atoms with Crippen molar-refractivity contribution in [2.24, 2.45) is 38.7 Å². The number of amides is 8. The Hall–Kier alpha value is -9.64. The molecule has 4 rings (SSSR count). The number of guanidine groups is 2. The van der Waals surface area contributed by atoms with Crippen molar-refractivity contribution >= 4 is 130 Å². The smallest absolute Gasteiger partial charge is 0.327 e. The van der Waals surface area contributed by atoms with Crippen LogP contribution in [0.1, 0.15) is 62.5 Å². The van der Waals surface area contributed by atoms with Gasteiger partial charge in [0.05, 0.1) is 18.9 Å². The Balaban J connectivity index is 1.75. The molecule has 478 valence electrons. The van der Waals surface area contributed by atoms with Crippen molar-refractivity contribution in [3.05, 3.63) is 72.1 Å². The second-order valence-electron chi connectivity index (χ2n) is 20.0. The summed E-state index contributed by atoms with van der Waals surface area (Å²) in [5.41, 5.74) is 30.0. The van der Waals surface area contributed by atoms with Gasteiger partial charge >= 0.3 is 23.9 Å². The molecule has 24 N–H and O–H groups in total. The van der Waals surface area contributed by atoms with Gasteiger partial charge in [-0.1, -0.05) is 36.4 Å². The lowest BCUT2D eigenvalue weighted by atomic mass is 10.0. The van der Waals surface area contributed by atoms with E-state index in [1.54, 1.807) is 48.5 Å². The fraction of sp³-hybridized carbons (Fsp3) is 0.434. The number of aromatic nitrogens is 2. The number of H-pyrrole nitrogens is 2. The minimum atomic E-state index is -2.03. The van der Waals surface area contributed by atoms with Gasteiger partial charge in [0.15, 0.2) is 11.9 Å². The van der Waals surface area contributed by atoms with Crippen molar-refractivity contribution in [1.82, 2.24) is 52.5 Å². The number of benzene rings is 2. The summed E-state index contributed by atoms with van der Waals surface area (Å²) in [4.78, 5) is 174. The average Bonchev–Trinajstić information content (AvgIpc) is 2.22.